The second-order valence-electron chi connectivity index (χ2n) is 3.67. The predicted octanol–water partition coefficient (Wildman–Crippen LogP) is 3.95. The molecule has 1 heterocycles. The number of rotatable bonds is 1. The molecular weight excluding hydrogens is 246 g/mol. The fourth-order valence-corrected chi connectivity index (χ4v) is 3.48. The van der Waals surface area contributed by atoms with Gasteiger partial charge in [-0.25, -0.2) is 4.98 Å². The molecule has 1 aromatic rings. The van der Waals surface area contributed by atoms with E-state index in [1.165, 1.54) is 37.8 Å². The van der Waals surface area contributed by atoms with Crippen molar-refractivity contribution in [3.63, 3.8) is 0 Å². The van der Waals surface area contributed by atoms with Gasteiger partial charge in [0, 0.05) is 16.1 Å². The van der Waals surface area contributed by atoms with Gasteiger partial charge in [0.05, 0.1) is 11.2 Å². The van der Waals surface area contributed by atoms with Crippen LogP contribution in [0.25, 0.3) is 0 Å². The van der Waals surface area contributed by atoms with Crippen molar-refractivity contribution in [2.75, 3.05) is 0 Å². The molecule has 0 saturated heterocycles. The largest absolute Gasteiger partial charge is 0.249 e. The molecule has 0 aromatic carbocycles. The van der Waals surface area contributed by atoms with Gasteiger partial charge in [0.1, 0.15) is 0 Å². The first kappa shape index (κ1) is 9.66. The average Bonchev–Trinajstić information content (AvgIpc) is 2.56. The second kappa shape index (κ2) is 4.56. The minimum atomic E-state index is 0.650. The molecule has 72 valence electrons. The minimum Gasteiger partial charge on any atom is -0.249 e. The van der Waals surface area contributed by atoms with Crippen LogP contribution in [0.1, 0.15) is 43.7 Å². The molecule has 0 spiro atoms. The third-order valence-corrected chi connectivity index (χ3v) is 4.46. The molecule has 1 saturated carbocycles. The van der Waals surface area contributed by atoms with Crippen molar-refractivity contribution < 1.29 is 0 Å². The lowest BCUT2D eigenvalue weighted by atomic mass is 9.97. The molecule has 0 bridgehead atoms. The molecular formula is C10H14BrNS. The third-order valence-electron chi connectivity index (χ3n) is 2.76. The zero-order chi connectivity index (χ0) is 9.10. The van der Waals surface area contributed by atoms with Crippen LogP contribution in [0.2, 0.25) is 0 Å². The third kappa shape index (κ3) is 2.32. The highest BCUT2D eigenvalue weighted by molar-refractivity contribution is 9.09. The van der Waals surface area contributed by atoms with Crippen molar-refractivity contribution in [2.24, 2.45) is 0 Å². The topological polar surface area (TPSA) is 12.9 Å². The summed E-state index contributed by atoms with van der Waals surface area (Å²) >= 11 is 5.50. The number of thiazole rings is 1. The first-order valence-corrected chi connectivity index (χ1v) is 6.76. The molecule has 1 aliphatic carbocycles. The Balaban J connectivity index is 2.11. The molecule has 13 heavy (non-hydrogen) atoms. The smallest absolute Gasteiger partial charge is 0.0794 e. The van der Waals surface area contributed by atoms with Crippen molar-refractivity contribution in [2.45, 2.75) is 42.8 Å². The Hall–Kier alpha value is 0.110. The van der Waals surface area contributed by atoms with Crippen LogP contribution in [-0.2, 0) is 0 Å². The summed E-state index contributed by atoms with van der Waals surface area (Å²) in [6.45, 7) is 0. The highest BCUT2D eigenvalue weighted by Gasteiger charge is 2.23. The lowest BCUT2D eigenvalue weighted by Crippen LogP contribution is -2.10. The summed E-state index contributed by atoms with van der Waals surface area (Å²) in [5, 5.41) is 2.20. The average molecular weight is 260 g/mol. The number of aromatic nitrogens is 1. The van der Waals surface area contributed by atoms with Crippen LogP contribution < -0.4 is 0 Å². The zero-order valence-electron chi connectivity index (χ0n) is 7.58. The highest BCUT2D eigenvalue weighted by atomic mass is 79.9. The molecule has 2 unspecified atom stereocenters. The summed E-state index contributed by atoms with van der Waals surface area (Å²) < 4.78 is 0. The fourth-order valence-electron chi connectivity index (χ4n) is 2.00. The fraction of sp³-hybridized carbons (Fsp3) is 0.700. The Kier molecular flexibility index (Phi) is 3.39. The molecule has 0 radical (unpaired) electrons. The van der Waals surface area contributed by atoms with E-state index in [0.29, 0.717) is 10.7 Å². The Morgan fingerprint density at radius 2 is 2.15 bits per heavy atom. The van der Waals surface area contributed by atoms with Crippen LogP contribution in [0, 0.1) is 0 Å². The van der Waals surface area contributed by atoms with E-state index in [0.717, 1.165) is 0 Å². The van der Waals surface area contributed by atoms with Crippen LogP contribution in [0.15, 0.2) is 10.9 Å². The van der Waals surface area contributed by atoms with Crippen LogP contribution in [-0.4, -0.2) is 9.81 Å². The van der Waals surface area contributed by atoms with Crippen molar-refractivity contribution in [3.8, 4) is 0 Å². The van der Waals surface area contributed by atoms with Crippen LogP contribution >= 0.6 is 27.3 Å². The molecule has 1 fully saturated rings. The van der Waals surface area contributed by atoms with E-state index in [1.54, 1.807) is 11.3 Å². The summed E-state index contributed by atoms with van der Waals surface area (Å²) in [7, 11) is 0. The van der Waals surface area contributed by atoms with E-state index < -0.39 is 0 Å². The maximum absolute atomic E-state index is 4.42. The lowest BCUT2D eigenvalue weighted by molar-refractivity contribution is 0.600. The van der Waals surface area contributed by atoms with Crippen molar-refractivity contribution >= 4 is 27.3 Å². The molecule has 1 aliphatic rings. The van der Waals surface area contributed by atoms with Gasteiger partial charge in [-0.1, -0.05) is 35.2 Å². The van der Waals surface area contributed by atoms with Crippen LogP contribution in [0.5, 0.6) is 0 Å². The predicted molar refractivity (Wildman–Crippen MR) is 60.7 cm³/mol. The number of alkyl halides is 1. The van der Waals surface area contributed by atoms with Gasteiger partial charge < -0.3 is 0 Å². The maximum Gasteiger partial charge on any atom is 0.0794 e. The number of halogens is 1. The lowest BCUT2D eigenvalue weighted by Gasteiger charge is -2.17. The molecule has 0 N–H and O–H groups in total. The summed E-state index contributed by atoms with van der Waals surface area (Å²) in [6.07, 6.45) is 6.74. The Morgan fingerprint density at radius 1 is 1.31 bits per heavy atom. The van der Waals surface area contributed by atoms with Gasteiger partial charge in [-0.3, -0.25) is 0 Å². The zero-order valence-corrected chi connectivity index (χ0v) is 9.98. The standard InChI is InChI=1S/C10H14BrNS/c11-9-5-3-1-2-4-8(9)10-6-13-7-12-10/h6-9H,1-5H2. The van der Waals surface area contributed by atoms with Gasteiger partial charge in [-0.05, 0) is 12.8 Å². The van der Waals surface area contributed by atoms with E-state index in [2.05, 4.69) is 26.3 Å². The van der Waals surface area contributed by atoms with Crippen LogP contribution in [0.4, 0.5) is 0 Å². The summed E-state index contributed by atoms with van der Waals surface area (Å²) in [5.41, 5.74) is 3.24. The normalized spacial score (nSPS) is 29.9. The van der Waals surface area contributed by atoms with Gasteiger partial charge in [-0.2, -0.15) is 0 Å². The number of nitrogens with zero attached hydrogens (tertiary/aromatic N) is 1. The van der Waals surface area contributed by atoms with Gasteiger partial charge in [0.15, 0.2) is 0 Å². The SMILES string of the molecule is BrC1CCCCCC1c1cscn1. The van der Waals surface area contributed by atoms with E-state index in [9.17, 15) is 0 Å². The highest BCUT2D eigenvalue weighted by Crippen LogP contribution is 2.35. The Labute approximate surface area is 91.7 Å². The minimum absolute atomic E-state index is 0.650. The maximum atomic E-state index is 4.42. The number of hydrogen-bond acceptors (Lipinski definition) is 2. The molecule has 3 heteroatoms. The van der Waals surface area contributed by atoms with E-state index in [4.69, 9.17) is 0 Å². The summed E-state index contributed by atoms with van der Waals surface area (Å²) in [5.74, 6) is 0.661. The monoisotopic (exact) mass is 259 g/mol. The Bertz CT molecular complexity index is 247. The van der Waals surface area contributed by atoms with Gasteiger partial charge in [-0.15, -0.1) is 11.3 Å². The van der Waals surface area contributed by atoms with E-state index >= 15 is 0 Å². The quantitative estimate of drug-likeness (QED) is 0.550. The van der Waals surface area contributed by atoms with E-state index in [1.807, 2.05) is 5.51 Å². The second-order valence-corrected chi connectivity index (χ2v) is 5.57. The number of hydrogen-bond donors (Lipinski definition) is 0. The molecule has 1 nitrogen and oxygen atoms in total. The van der Waals surface area contributed by atoms with Gasteiger partial charge >= 0.3 is 0 Å². The molecule has 0 aliphatic heterocycles. The van der Waals surface area contributed by atoms with Gasteiger partial charge in [0.2, 0.25) is 0 Å². The summed E-state index contributed by atoms with van der Waals surface area (Å²) in [6, 6.07) is 0. The van der Waals surface area contributed by atoms with Crippen molar-refractivity contribution in [1.29, 1.82) is 0 Å². The molecule has 1 aromatic heterocycles. The van der Waals surface area contributed by atoms with Crippen molar-refractivity contribution in [1.82, 2.24) is 4.98 Å². The molecule has 0 amide bonds. The van der Waals surface area contributed by atoms with Gasteiger partial charge in [0.25, 0.3) is 0 Å². The summed E-state index contributed by atoms with van der Waals surface area (Å²) in [4.78, 5) is 5.07. The Morgan fingerprint density at radius 3 is 2.92 bits per heavy atom. The molecule has 2 atom stereocenters. The first-order valence-electron chi connectivity index (χ1n) is 4.90. The van der Waals surface area contributed by atoms with Crippen LogP contribution in [0.3, 0.4) is 0 Å². The van der Waals surface area contributed by atoms with Crippen molar-refractivity contribution in [3.05, 3.63) is 16.6 Å². The van der Waals surface area contributed by atoms with E-state index in [-0.39, 0.29) is 0 Å². The molecule has 2 rings (SSSR count). The first-order chi connectivity index (χ1) is 6.38.